The van der Waals surface area contributed by atoms with Crippen molar-refractivity contribution in [2.75, 3.05) is 5.32 Å². The lowest BCUT2D eigenvalue weighted by molar-refractivity contribution is 0.0537. The Hall–Kier alpha value is -1.39. The van der Waals surface area contributed by atoms with Crippen LogP contribution in [0.4, 0.5) is 28.0 Å². The van der Waals surface area contributed by atoms with Crippen molar-refractivity contribution in [3.63, 3.8) is 0 Å². The summed E-state index contributed by atoms with van der Waals surface area (Å²) in [7, 11) is 0. The Kier molecular flexibility index (Phi) is 7.92. The van der Waals surface area contributed by atoms with E-state index in [1.165, 1.54) is 12.1 Å². The maximum Gasteiger partial charge on any atom is 0.342 e. The number of amides is 3. The molecule has 0 aliphatic rings. The standard InChI is InChI=1S/C16H8Cl4F4N2O2S/c17-6-2-1-3-7(21)10(6)13(27)26-15(28)25-8-4-5-9(12(19)11(8)18)29-16(23,24)14(20)22/h1-5,14H,(H2,25,26,27,28). The first kappa shape index (κ1) is 23.9. The van der Waals surface area contributed by atoms with E-state index in [4.69, 9.17) is 46.4 Å². The summed E-state index contributed by atoms with van der Waals surface area (Å²) in [5, 5.41) is -0.976. The molecule has 29 heavy (non-hydrogen) atoms. The van der Waals surface area contributed by atoms with Crippen LogP contribution in [-0.2, 0) is 0 Å². The van der Waals surface area contributed by atoms with Crippen LogP contribution < -0.4 is 10.6 Å². The summed E-state index contributed by atoms with van der Waals surface area (Å²) >= 11 is 22.1. The van der Waals surface area contributed by atoms with E-state index in [-0.39, 0.29) is 32.4 Å². The van der Waals surface area contributed by atoms with Gasteiger partial charge in [-0.25, -0.2) is 13.6 Å². The molecule has 0 aliphatic carbocycles. The number of nitrogens with one attached hydrogen (secondary N) is 2. The van der Waals surface area contributed by atoms with E-state index in [1.54, 1.807) is 0 Å². The maximum absolute atomic E-state index is 13.7. The molecule has 2 N–H and O–H groups in total. The Bertz CT molecular complexity index is 943. The van der Waals surface area contributed by atoms with E-state index in [1.807, 2.05) is 5.32 Å². The van der Waals surface area contributed by atoms with E-state index >= 15 is 0 Å². The van der Waals surface area contributed by atoms with Crippen molar-refractivity contribution >= 4 is 75.8 Å². The van der Waals surface area contributed by atoms with Gasteiger partial charge in [0.05, 0.1) is 26.3 Å². The highest BCUT2D eigenvalue weighted by Crippen LogP contribution is 2.46. The van der Waals surface area contributed by atoms with E-state index in [9.17, 15) is 27.2 Å². The van der Waals surface area contributed by atoms with Crippen LogP contribution in [0.5, 0.6) is 0 Å². The summed E-state index contributed by atoms with van der Waals surface area (Å²) < 4.78 is 53.3. The molecule has 1 unspecified atom stereocenters. The van der Waals surface area contributed by atoms with Crippen molar-refractivity contribution in [1.82, 2.24) is 5.32 Å². The largest absolute Gasteiger partial charge is 0.342 e. The first-order valence-corrected chi connectivity index (χ1v) is 9.72. The lowest BCUT2D eigenvalue weighted by atomic mass is 10.2. The van der Waals surface area contributed by atoms with Crippen LogP contribution in [-0.4, -0.2) is 22.8 Å². The molecule has 0 fully saturated rings. The van der Waals surface area contributed by atoms with Gasteiger partial charge < -0.3 is 5.32 Å². The van der Waals surface area contributed by atoms with Crippen LogP contribution >= 0.6 is 58.2 Å². The number of halogens is 8. The molecule has 0 bridgehead atoms. The monoisotopic (exact) mass is 508 g/mol. The minimum absolute atomic E-state index is 0.156. The van der Waals surface area contributed by atoms with Gasteiger partial charge in [-0.15, -0.1) is 0 Å². The fourth-order valence-corrected chi connectivity index (χ4v) is 3.57. The molecule has 2 aromatic rings. The first-order valence-electron chi connectivity index (χ1n) is 7.33. The van der Waals surface area contributed by atoms with Crippen molar-refractivity contribution in [2.24, 2.45) is 0 Å². The number of thioether (sulfide) groups is 1. The van der Waals surface area contributed by atoms with Crippen molar-refractivity contribution in [3.05, 3.63) is 56.8 Å². The number of hydrogen-bond donors (Lipinski definition) is 2. The van der Waals surface area contributed by atoms with Crippen molar-refractivity contribution in [1.29, 1.82) is 0 Å². The zero-order chi connectivity index (χ0) is 21.9. The lowest BCUT2D eigenvalue weighted by Crippen LogP contribution is -2.35. The lowest BCUT2D eigenvalue weighted by Gasteiger charge is -2.17. The summed E-state index contributed by atoms with van der Waals surface area (Å²) in [5.74, 6) is -2.08. The Morgan fingerprint density at radius 2 is 1.72 bits per heavy atom. The van der Waals surface area contributed by atoms with Gasteiger partial charge in [-0.3, -0.25) is 10.1 Å². The highest BCUT2D eigenvalue weighted by molar-refractivity contribution is 8.00. The Balaban J connectivity index is 2.15. The summed E-state index contributed by atoms with van der Waals surface area (Å²) in [6.07, 6.45) is 0. The van der Waals surface area contributed by atoms with E-state index in [0.29, 0.717) is 0 Å². The minimum Gasteiger partial charge on any atom is -0.306 e. The number of carbonyl (C=O) groups excluding carboxylic acids is 2. The number of rotatable bonds is 5. The number of hydrogen-bond acceptors (Lipinski definition) is 3. The Morgan fingerprint density at radius 1 is 1.07 bits per heavy atom. The molecule has 2 aromatic carbocycles. The van der Waals surface area contributed by atoms with Crippen LogP contribution in [0.25, 0.3) is 0 Å². The van der Waals surface area contributed by atoms with Crippen LogP contribution in [0.2, 0.25) is 15.1 Å². The van der Waals surface area contributed by atoms with Gasteiger partial charge in [0, 0.05) is 4.90 Å². The quantitative estimate of drug-likeness (QED) is 0.260. The smallest absolute Gasteiger partial charge is 0.306 e. The van der Waals surface area contributed by atoms with Gasteiger partial charge in [0.1, 0.15) is 5.82 Å². The highest BCUT2D eigenvalue weighted by Gasteiger charge is 2.41. The number of anilines is 1. The Morgan fingerprint density at radius 3 is 2.31 bits per heavy atom. The van der Waals surface area contributed by atoms with Crippen LogP contribution in [0.15, 0.2) is 35.2 Å². The average Bonchev–Trinajstić information content (AvgIpc) is 2.61. The zero-order valence-electron chi connectivity index (χ0n) is 13.7. The predicted molar refractivity (Wildman–Crippen MR) is 106 cm³/mol. The van der Waals surface area contributed by atoms with E-state index < -0.39 is 39.2 Å². The number of urea groups is 1. The van der Waals surface area contributed by atoms with Gasteiger partial charge in [0.15, 0.2) is 0 Å². The van der Waals surface area contributed by atoms with Crippen molar-refractivity contribution in [3.8, 4) is 0 Å². The maximum atomic E-state index is 13.7. The predicted octanol–water partition coefficient (Wildman–Crippen LogP) is 6.97. The molecular weight excluding hydrogens is 502 g/mol. The number of imide groups is 1. The number of benzene rings is 2. The third-order valence-corrected chi connectivity index (χ3v) is 5.96. The minimum atomic E-state index is -3.98. The fraction of sp³-hybridized carbons (Fsp3) is 0.125. The van der Waals surface area contributed by atoms with Crippen molar-refractivity contribution < 1.29 is 27.2 Å². The third-order valence-electron chi connectivity index (χ3n) is 3.21. The molecule has 13 heteroatoms. The van der Waals surface area contributed by atoms with E-state index in [0.717, 1.165) is 18.2 Å². The first-order chi connectivity index (χ1) is 13.4. The molecule has 3 amide bonds. The normalized spacial score (nSPS) is 12.4. The summed E-state index contributed by atoms with van der Waals surface area (Å²) in [6.45, 7) is 0. The fourth-order valence-electron chi connectivity index (χ4n) is 1.93. The van der Waals surface area contributed by atoms with Crippen LogP contribution in [0.1, 0.15) is 10.4 Å². The molecule has 0 saturated carbocycles. The van der Waals surface area contributed by atoms with Crippen molar-refractivity contribution in [2.45, 2.75) is 15.8 Å². The number of carbonyl (C=O) groups is 2. The van der Waals surface area contributed by atoms with Gasteiger partial charge in [0.25, 0.3) is 5.91 Å². The highest BCUT2D eigenvalue weighted by atomic mass is 35.5. The molecule has 1 atom stereocenters. The third kappa shape index (κ3) is 5.82. The molecule has 0 saturated heterocycles. The molecule has 156 valence electrons. The van der Waals surface area contributed by atoms with Gasteiger partial charge in [-0.2, -0.15) is 8.78 Å². The molecule has 4 nitrogen and oxygen atoms in total. The Labute approximate surface area is 185 Å². The second kappa shape index (κ2) is 9.61. The van der Waals surface area contributed by atoms with Crippen LogP contribution in [0.3, 0.4) is 0 Å². The van der Waals surface area contributed by atoms with Crippen LogP contribution in [0, 0.1) is 5.82 Å². The zero-order valence-corrected chi connectivity index (χ0v) is 17.6. The molecule has 0 heterocycles. The second-order valence-electron chi connectivity index (χ2n) is 5.21. The molecule has 2 rings (SSSR count). The molecule has 0 aromatic heterocycles. The summed E-state index contributed by atoms with van der Waals surface area (Å²) in [4.78, 5) is 23.7. The van der Waals surface area contributed by atoms with Gasteiger partial charge in [-0.1, -0.05) is 52.5 Å². The SMILES string of the molecule is O=C(NC(=O)c1c(F)cccc1Cl)Nc1ccc(SC(F)(F)C(F)Cl)c(Cl)c1Cl. The molecule has 0 radical (unpaired) electrons. The summed E-state index contributed by atoms with van der Waals surface area (Å²) in [6, 6.07) is 4.51. The van der Waals surface area contributed by atoms with Gasteiger partial charge in [-0.05, 0) is 36.0 Å². The average molecular weight is 510 g/mol. The topological polar surface area (TPSA) is 58.2 Å². The molecule has 0 spiro atoms. The number of alkyl halides is 4. The van der Waals surface area contributed by atoms with E-state index in [2.05, 4.69) is 5.32 Å². The van der Waals surface area contributed by atoms with Gasteiger partial charge >= 0.3 is 11.3 Å². The second-order valence-corrected chi connectivity index (χ2v) is 7.94. The molecule has 0 aliphatic heterocycles. The molecular formula is C16H8Cl4F4N2O2S. The van der Waals surface area contributed by atoms with Gasteiger partial charge in [0.2, 0.25) is 5.63 Å². The summed E-state index contributed by atoms with van der Waals surface area (Å²) in [5.41, 5.74) is -3.68.